The first-order valence-electron chi connectivity index (χ1n) is 5.46. The maximum atomic E-state index is 13.7. The summed E-state index contributed by atoms with van der Waals surface area (Å²) in [6.45, 7) is 1.89. The Balaban J connectivity index is 2.48. The van der Waals surface area contributed by atoms with Crippen molar-refractivity contribution < 1.29 is 8.78 Å². The largest absolute Gasteiger partial charge is 0.320 e. The fourth-order valence-electron chi connectivity index (χ4n) is 1.81. The summed E-state index contributed by atoms with van der Waals surface area (Å²) in [5.74, 6) is -1.84. The summed E-state index contributed by atoms with van der Waals surface area (Å²) in [5, 5.41) is 0.450. The summed E-state index contributed by atoms with van der Waals surface area (Å²) in [5.41, 5.74) is 7.60. The van der Waals surface area contributed by atoms with Gasteiger partial charge in [-0.1, -0.05) is 35.9 Å². The summed E-state index contributed by atoms with van der Waals surface area (Å²) >= 11 is 6.07. The maximum absolute atomic E-state index is 13.7. The van der Waals surface area contributed by atoms with E-state index >= 15 is 0 Å². The molecule has 2 aromatic carbocycles. The highest BCUT2D eigenvalue weighted by Crippen LogP contribution is 2.29. The Bertz CT molecular complexity index is 584. The Morgan fingerprint density at radius 2 is 1.83 bits per heavy atom. The van der Waals surface area contributed by atoms with Gasteiger partial charge >= 0.3 is 0 Å². The van der Waals surface area contributed by atoms with E-state index in [0.29, 0.717) is 10.6 Å². The van der Waals surface area contributed by atoms with Crippen molar-refractivity contribution in [1.82, 2.24) is 0 Å². The zero-order valence-corrected chi connectivity index (χ0v) is 10.5. The van der Waals surface area contributed by atoms with Crippen LogP contribution < -0.4 is 5.73 Å². The van der Waals surface area contributed by atoms with E-state index in [4.69, 9.17) is 17.3 Å². The van der Waals surface area contributed by atoms with Gasteiger partial charge in [0.05, 0.1) is 6.04 Å². The lowest BCUT2D eigenvalue weighted by Crippen LogP contribution is -2.15. The molecule has 1 unspecified atom stereocenters. The van der Waals surface area contributed by atoms with Gasteiger partial charge in [0, 0.05) is 10.6 Å². The summed E-state index contributed by atoms with van der Waals surface area (Å²) in [7, 11) is 0. The minimum absolute atomic E-state index is 0.0979. The molecule has 4 heteroatoms. The number of halogens is 3. The quantitative estimate of drug-likeness (QED) is 0.875. The second-order valence-electron chi connectivity index (χ2n) is 4.15. The Kier molecular flexibility index (Phi) is 3.64. The molecule has 94 valence electrons. The second kappa shape index (κ2) is 5.04. The van der Waals surface area contributed by atoms with Crippen molar-refractivity contribution in [2.24, 2.45) is 5.73 Å². The van der Waals surface area contributed by atoms with Crippen LogP contribution in [-0.4, -0.2) is 0 Å². The molecule has 0 radical (unpaired) electrons. The van der Waals surface area contributed by atoms with E-state index in [2.05, 4.69) is 0 Å². The molecular weight excluding hydrogens is 256 g/mol. The third-order valence-corrected chi connectivity index (χ3v) is 3.13. The number of hydrogen-bond acceptors (Lipinski definition) is 1. The Morgan fingerprint density at radius 3 is 2.50 bits per heavy atom. The Labute approximate surface area is 109 Å². The van der Waals surface area contributed by atoms with Crippen molar-refractivity contribution in [3.05, 3.63) is 69.7 Å². The lowest BCUT2D eigenvalue weighted by molar-refractivity contribution is 0.494. The van der Waals surface area contributed by atoms with E-state index in [9.17, 15) is 8.78 Å². The number of benzene rings is 2. The van der Waals surface area contributed by atoms with E-state index in [-0.39, 0.29) is 5.56 Å². The molecule has 2 rings (SSSR count). The molecule has 2 N–H and O–H groups in total. The van der Waals surface area contributed by atoms with Gasteiger partial charge in [0.2, 0.25) is 0 Å². The van der Waals surface area contributed by atoms with E-state index in [1.165, 1.54) is 12.1 Å². The van der Waals surface area contributed by atoms with Gasteiger partial charge in [0.25, 0.3) is 0 Å². The van der Waals surface area contributed by atoms with E-state index in [0.717, 1.165) is 11.6 Å². The van der Waals surface area contributed by atoms with Gasteiger partial charge in [-0.15, -0.1) is 0 Å². The Hall–Kier alpha value is -1.45. The van der Waals surface area contributed by atoms with E-state index < -0.39 is 17.7 Å². The molecule has 0 fully saturated rings. The van der Waals surface area contributed by atoms with Crippen molar-refractivity contribution in [3.63, 3.8) is 0 Å². The van der Waals surface area contributed by atoms with Gasteiger partial charge in [-0.05, 0) is 30.2 Å². The SMILES string of the molecule is Cc1ccc(C(N)c2cccc(F)c2F)c(Cl)c1. The van der Waals surface area contributed by atoms with Crippen LogP contribution in [0.1, 0.15) is 22.7 Å². The molecule has 2 aromatic rings. The highest BCUT2D eigenvalue weighted by Gasteiger charge is 2.18. The first-order chi connectivity index (χ1) is 8.50. The zero-order chi connectivity index (χ0) is 13.3. The zero-order valence-electron chi connectivity index (χ0n) is 9.75. The molecule has 0 aliphatic heterocycles. The molecule has 0 aliphatic carbocycles. The molecule has 0 heterocycles. The van der Waals surface area contributed by atoms with E-state index in [1.54, 1.807) is 12.1 Å². The predicted molar refractivity (Wildman–Crippen MR) is 68.6 cm³/mol. The van der Waals surface area contributed by atoms with Crippen LogP contribution in [-0.2, 0) is 0 Å². The van der Waals surface area contributed by atoms with Gasteiger partial charge in [0.1, 0.15) is 0 Å². The second-order valence-corrected chi connectivity index (χ2v) is 4.55. The molecule has 0 amide bonds. The average Bonchev–Trinajstić information content (AvgIpc) is 2.32. The van der Waals surface area contributed by atoms with Crippen molar-refractivity contribution in [2.45, 2.75) is 13.0 Å². The van der Waals surface area contributed by atoms with Gasteiger partial charge in [0.15, 0.2) is 11.6 Å². The van der Waals surface area contributed by atoms with Crippen molar-refractivity contribution in [3.8, 4) is 0 Å². The molecule has 0 saturated heterocycles. The number of aryl methyl sites for hydroxylation is 1. The van der Waals surface area contributed by atoms with Crippen molar-refractivity contribution in [1.29, 1.82) is 0 Å². The third-order valence-electron chi connectivity index (χ3n) is 2.81. The highest BCUT2D eigenvalue weighted by molar-refractivity contribution is 6.31. The summed E-state index contributed by atoms with van der Waals surface area (Å²) in [4.78, 5) is 0. The molecule has 0 saturated carbocycles. The normalized spacial score (nSPS) is 12.5. The van der Waals surface area contributed by atoms with Gasteiger partial charge in [-0.25, -0.2) is 8.78 Å². The highest BCUT2D eigenvalue weighted by atomic mass is 35.5. The number of nitrogens with two attached hydrogens (primary N) is 1. The van der Waals surface area contributed by atoms with Crippen LogP contribution in [0.3, 0.4) is 0 Å². The Morgan fingerprint density at radius 1 is 1.11 bits per heavy atom. The molecule has 0 aliphatic rings. The first-order valence-corrected chi connectivity index (χ1v) is 5.84. The van der Waals surface area contributed by atoms with Crippen molar-refractivity contribution in [2.75, 3.05) is 0 Å². The van der Waals surface area contributed by atoms with Crippen LogP contribution in [0.2, 0.25) is 5.02 Å². The summed E-state index contributed by atoms with van der Waals surface area (Å²) in [6.07, 6.45) is 0. The molecule has 0 aromatic heterocycles. The smallest absolute Gasteiger partial charge is 0.163 e. The van der Waals surface area contributed by atoms with Crippen LogP contribution in [0.15, 0.2) is 36.4 Å². The molecule has 1 nitrogen and oxygen atoms in total. The molecule has 1 atom stereocenters. The van der Waals surface area contributed by atoms with Crippen molar-refractivity contribution >= 4 is 11.6 Å². The maximum Gasteiger partial charge on any atom is 0.163 e. The van der Waals surface area contributed by atoms with Gasteiger partial charge in [-0.2, -0.15) is 0 Å². The predicted octanol–water partition coefficient (Wildman–Crippen LogP) is 3.97. The molecule has 18 heavy (non-hydrogen) atoms. The molecular formula is C14H12ClF2N. The topological polar surface area (TPSA) is 26.0 Å². The van der Waals surface area contributed by atoms with Crippen LogP contribution in [0.5, 0.6) is 0 Å². The molecule has 0 bridgehead atoms. The molecule has 0 spiro atoms. The fourth-order valence-corrected chi connectivity index (χ4v) is 2.17. The summed E-state index contributed by atoms with van der Waals surface area (Å²) in [6, 6.07) is 8.46. The average molecular weight is 268 g/mol. The van der Waals surface area contributed by atoms with Crippen LogP contribution in [0, 0.1) is 18.6 Å². The lowest BCUT2D eigenvalue weighted by Gasteiger charge is -2.15. The standard InChI is InChI=1S/C14H12ClF2N/c1-8-5-6-9(11(15)7-8)14(18)10-3-2-4-12(16)13(10)17/h2-7,14H,18H2,1H3. The fraction of sp³-hybridized carbons (Fsp3) is 0.143. The van der Waals surface area contributed by atoms with E-state index in [1.807, 2.05) is 13.0 Å². The number of rotatable bonds is 2. The lowest BCUT2D eigenvalue weighted by atomic mass is 9.98. The summed E-state index contributed by atoms with van der Waals surface area (Å²) < 4.78 is 26.8. The monoisotopic (exact) mass is 267 g/mol. The minimum Gasteiger partial charge on any atom is -0.320 e. The third kappa shape index (κ3) is 2.37. The van der Waals surface area contributed by atoms with Crippen LogP contribution >= 0.6 is 11.6 Å². The minimum atomic E-state index is -0.929. The van der Waals surface area contributed by atoms with Gasteiger partial charge < -0.3 is 5.73 Å². The first kappa shape index (κ1) is 13.0. The van der Waals surface area contributed by atoms with Crippen LogP contribution in [0.25, 0.3) is 0 Å². The number of hydrogen-bond donors (Lipinski definition) is 1. The van der Waals surface area contributed by atoms with Crippen LogP contribution in [0.4, 0.5) is 8.78 Å². The van der Waals surface area contributed by atoms with Gasteiger partial charge in [-0.3, -0.25) is 0 Å².